The summed E-state index contributed by atoms with van der Waals surface area (Å²) >= 11 is 6.09. The third-order valence-corrected chi connectivity index (χ3v) is 3.62. The van der Waals surface area contributed by atoms with Crippen molar-refractivity contribution in [3.05, 3.63) is 58.6 Å². The molecule has 0 saturated carbocycles. The van der Waals surface area contributed by atoms with Gasteiger partial charge in [-0.15, -0.1) is 24.0 Å². The number of benzene rings is 2. The van der Waals surface area contributed by atoms with Crippen LogP contribution in [-0.4, -0.2) is 18.4 Å². The average Bonchev–Trinajstić information content (AvgIpc) is 2.50. The number of halogens is 2. The molecular formula is C18H22ClIN4O. The van der Waals surface area contributed by atoms with Crippen molar-refractivity contribution in [2.45, 2.75) is 20.3 Å². The van der Waals surface area contributed by atoms with Crippen LogP contribution in [-0.2, 0) is 4.79 Å². The Morgan fingerprint density at radius 2 is 1.84 bits per heavy atom. The first-order chi connectivity index (χ1) is 11.4. The van der Waals surface area contributed by atoms with E-state index in [-0.39, 0.29) is 42.3 Å². The highest BCUT2D eigenvalue weighted by molar-refractivity contribution is 14.0. The van der Waals surface area contributed by atoms with Gasteiger partial charge in [-0.05, 0) is 49.2 Å². The molecule has 5 nitrogen and oxygen atoms in total. The number of hydrogen-bond acceptors (Lipinski definition) is 2. The highest BCUT2D eigenvalue weighted by Gasteiger charge is 2.05. The number of amides is 1. The molecule has 0 heterocycles. The number of nitrogens with two attached hydrogens (primary N) is 1. The van der Waals surface area contributed by atoms with Gasteiger partial charge >= 0.3 is 0 Å². The van der Waals surface area contributed by atoms with E-state index in [1.807, 2.05) is 44.2 Å². The number of nitrogens with one attached hydrogen (secondary N) is 2. The molecule has 0 aliphatic carbocycles. The number of carbonyl (C=O) groups is 1. The maximum atomic E-state index is 11.9. The Morgan fingerprint density at radius 3 is 2.52 bits per heavy atom. The predicted octanol–water partition coefficient (Wildman–Crippen LogP) is 4.33. The van der Waals surface area contributed by atoms with Crippen LogP contribution in [0.5, 0.6) is 0 Å². The third kappa shape index (κ3) is 7.31. The second-order valence-corrected chi connectivity index (χ2v) is 5.95. The summed E-state index contributed by atoms with van der Waals surface area (Å²) in [5, 5.41) is 6.28. The highest BCUT2D eigenvalue weighted by atomic mass is 127. The molecule has 2 aromatic rings. The molecule has 0 aliphatic heterocycles. The van der Waals surface area contributed by atoms with Crippen molar-refractivity contribution in [2.24, 2.45) is 10.7 Å². The van der Waals surface area contributed by atoms with Crippen LogP contribution in [0.3, 0.4) is 0 Å². The van der Waals surface area contributed by atoms with Crippen LogP contribution in [0.4, 0.5) is 11.4 Å². The Labute approximate surface area is 170 Å². The summed E-state index contributed by atoms with van der Waals surface area (Å²) in [6, 6.07) is 13.3. The maximum Gasteiger partial charge on any atom is 0.226 e. The molecule has 1 amide bonds. The smallest absolute Gasteiger partial charge is 0.226 e. The second kappa shape index (κ2) is 10.2. The molecule has 0 radical (unpaired) electrons. The highest BCUT2D eigenvalue weighted by Crippen LogP contribution is 2.22. The normalized spacial score (nSPS) is 10.8. The van der Waals surface area contributed by atoms with Gasteiger partial charge in [0.25, 0.3) is 0 Å². The van der Waals surface area contributed by atoms with E-state index in [2.05, 4.69) is 15.6 Å². The Morgan fingerprint density at radius 1 is 1.12 bits per heavy atom. The van der Waals surface area contributed by atoms with Crippen LogP contribution in [0, 0.1) is 13.8 Å². The van der Waals surface area contributed by atoms with Crippen molar-refractivity contribution < 1.29 is 4.79 Å². The monoisotopic (exact) mass is 472 g/mol. The molecule has 0 atom stereocenters. The molecule has 0 saturated heterocycles. The van der Waals surface area contributed by atoms with Crippen LogP contribution in [0.2, 0.25) is 5.02 Å². The van der Waals surface area contributed by atoms with Crippen LogP contribution in [0.25, 0.3) is 0 Å². The molecule has 134 valence electrons. The fourth-order valence-corrected chi connectivity index (χ4v) is 2.40. The number of carbonyl (C=O) groups excluding carboxylic acids is 1. The van der Waals surface area contributed by atoms with Gasteiger partial charge in [-0.3, -0.25) is 9.79 Å². The van der Waals surface area contributed by atoms with Crippen molar-refractivity contribution in [2.75, 3.05) is 17.2 Å². The van der Waals surface area contributed by atoms with E-state index in [1.165, 1.54) is 0 Å². The first kappa shape index (κ1) is 21.2. The Kier molecular flexibility index (Phi) is 8.71. The molecule has 25 heavy (non-hydrogen) atoms. The summed E-state index contributed by atoms with van der Waals surface area (Å²) in [6.07, 6.45) is 0.223. The largest absolute Gasteiger partial charge is 0.370 e. The van der Waals surface area contributed by atoms with Gasteiger partial charge in [0.05, 0.1) is 17.3 Å². The van der Waals surface area contributed by atoms with Crippen molar-refractivity contribution in [1.82, 2.24) is 0 Å². The number of rotatable bonds is 5. The number of aryl methyl sites for hydroxylation is 2. The van der Waals surface area contributed by atoms with Gasteiger partial charge in [0.15, 0.2) is 5.96 Å². The van der Waals surface area contributed by atoms with E-state index in [4.69, 9.17) is 17.3 Å². The molecule has 0 bridgehead atoms. The minimum atomic E-state index is -0.159. The zero-order valence-corrected chi connectivity index (χ0v) is 17.3. The topological polar surface area (TPSA) is 79.5 Å². The predicted molar refractivity (Wildman–Crippen MR) is 116 cm³/mol. The van der Waals surface area contributed by atoms with Gasteiger partial charge in [-0.2, -0.15) is 0 Å². The van der Waals surface area contributed by atoms with Crippen molar-refractivity contribution in [3.8, 4) is 0 Å². The second-order valence-electron chi connectivity index (χ2n) is 5.54. The number of guanidine groups is 1. The number of hydrogen-bond donors (Lipinski definition) is 3. The zero-order chi connectivity index (χ0) is 17.5. The molecule has 0 aliphatic rings. The van der Waals surface area contributed by atoms with E-state index in [1.54, 1.807) is 12.1 Å². The van der Waals surface area contributed by atoms with Gasteiger partial charge < -0.3 is 16.4 Å². The van der Waals surface area contributed by atoms with Gasteiger partial charge in [0.1, 0.15) is 0 Å². The minimum Gasteiger partial charge on any atom is -0.370 e. The number of anilines is 2. The molecule has 0 fully saturated rings. The molecule has 7 heteroatoms. The molecule has 2 aromatic carbocycles. The summed E-state index contributed by atoms with van der Waals surface area (Å²) < 4.78 is 0. The summed E-state index contributed by atoms with van der Waals surface area (Å²) in [6.45, 7) is 4.23. The summed E-state index contributed by atoms with van der Waals surface area (Å²) in [5.74, 6) is 0.120. The maximum absolute atomic E-state index is 11.9. The van der Waals surface area contributed by atoms with Gasteiger partial charge in [0.2, 0.25) is 5.91 Å². The lowest BCUT2D eigenvalue weighted by Crippen LogP contribution is -2.23. The Bertz CT molecular complexity index is 764. The third-order valence-electron chi connectivity index (χ3n) is 3.31. The van der Waals surface area contributed by atoms with E-state index < -0.39 is 0 Å². The Hall–Kier alpha value is -1.80. The molecule has 2 rings (SSSR count). The standard InChI is InChI=1S/C18H21ClN4O.HI/c1-12-4-3-5-14(10-12)22-18(20)21-9-8-17(24)23-16-7-6-13(2)11-15(16)19;/h3-7,10-11H,8-9H2,1-2H3,(H,23,24)(H3,20,21,22);1H. The van der Waals surface area contributed by atoms with Crippen LogP contribution in [0.1, 0.15) is 17.5 Å². The van der Waals surface area contributed by atoms with Crippen LogP contribution < -0.4 is 16.4 Å². The SMILES string of the molecule is Cc1cccc(NC(N)=NCCC(=O)Nc2ccc(C)cc2Cl)c1.I. The average molecular weight is 473 g/mol. The van der Waals surface area contributed by atoms with E-state index in [9.17, 15) is 4.79 Å². The lowest BCUT2D eigenvalue weighted by Gasteiger charge is -2.08. The van der Waals surface area contributed by atoms with Gasteiger partial charge in [0, 0.05) is 12.1 Å². The Balaban J connectivity index is 0.00000312. The van der Waals surface area contributed by atoms with Gasteiger partial charge in [-0.1, -0.05) is 29.8 Å². The first-order valence-electron chi connectivity index (χ1n) is 7.63. The zero-order valence-electron chi connectivity index (χ0n) is 14.2. The molecular weight excluding hydrogens is 451 g/mol. The van der Waals surface area contributed by atoms with E-state index >= 15 is 0 Å². The fraction of sp³-hybridized carbons (Fsp3) is 0.222. The van der Waals surface area contributed by atoms with E-state index in [0.717, 1.165) is 16.8 Å². The number of nitrogens with zero attached hydrogens (tertiary/aromatic N) is 1. The fourth-order valence-electron chi connectivity index (χ4n) is 2.12. The van der Waals surface area contributed by atoms with Crippen molar-refractivity contribution in [3.63, 3.8) is 0 Å². The summed E-state index contributed by atoms with van der Waals surface area (Å²) in [7, 11) is 0. The summed E-state index contributed by atoms with van der Waals surface area (Å²) in [5.41, 5.74) is 9.45. The lowest BCUT2D eigenvalue weighted by molar-refractivity contribution is -0.116. The summed E-state index contributed by atoms with van der Waals surface area (Å²) in [4.78, 5) is 16.1. The molecule has 0 aromatic heterocycles. The van der Waals surface area contributed by atoms with Crippen LogP contribution in [0.15, 0.2) is 47.5 Å². The lowest BCUT2D eigenvalue weighted by atomic mass is 10.2. The van der Waals surface area contributed by atoms with Crippen molar-refractivity contribution in [1.29, 1.82) is 0 Å². The van der Waals surface area contributed by atoms with Crippen LogP contribution >= 0.6 is 35.6 Å². The molecule has 4 N–H and O–H groups in total. The minimum absolute atomic E-state index is 0. The van der Waals surface area contributed by atoms with Gasteiger partial charge in [-0.25, -0.2) is 0 Å². The van der Waals surface area contributed by atoms with Crippen molar-refractivity contribution >= 4 is 58.8 Å². The van der Waals surface area contributed by atoms with E-state index in [0.29, 0.717) is 17.3 Å². The molecule has 0 unspecified atom stereocenters. The quantitative estimate of drug-likeness (QED) is 0.344. The number of aliphatic imine (C=N–C) groups is 1. The first-order valence-corrected chi connectivity index (χ1v) is 8.01. The molecule has 0 spiro atoms.